The van der Waals surface area contributed by atoms with Crippen LogP contribution in [0, 0.1) is 0 Å². The second-order valence-electron chi connectivity index (χ2n) is 7.73. The van der Waals surface area contributed by atoms with Gasteiger partial charge in [-0.2, -0.15) is 4.99 Å². The molecule has 0 aromatic heterocycles. The summed E-state index contributed by atoms with van der Waals surface area (Å²) < 4.78 is 3.96. The molecule has 1 rings (SSSR count). The van der Waals surface area contributed by atoms with E-state index in [2.05, 4.69) is 17.1 Å². The van der Waals surface area contributed by atoms with Crippen molar-refractivity contribution in [1.29, 1.82) is 0 Å². The average molecular weight is 421 g/mol. The molecule has 0 aromatic carbocycles. The average Bonchev–Trinajstić information content (AvgIpc) is 2.56. The smallest absolute Gasteiger partial charge is 0.441 e. The largest absolute Gasteiger partial charge is 0.490 e. The second-order valence-corrected chi connectivity index (χ2v) is 7.73. The number of nitrogens with one attached hydrogen (secondary N) is 1. The number of carbonyl (C=O) groups is 3. The van der Waals surface area contributed by atoms with Gasteiger partial charge in [-0.15, -0.1) is 5.43 Å². The van der Waals surface area contributed by atoms with Crippen molar-refractivity contribution in [3.63, 3.8) is 0 Å². The minimum Gasteiger partial charge on any atom is -0.441 e. The molecule has 0 spiro atoms. The summed E-state index contributed by atoms with van der Waals surface area (Å²) in [5, 5.41) is 39.1. The Morgan fingerprint density at radius 3 is 2.31 bits per heavy atom. The third-order valence-corrected chi connectivity index (χ3v) is 4.00. The van der Waals surface area contributed by atoms with E-state index >= 15 is 0 Å². The van der Waals surface area contributed by atoms with Crippen molar-refractivity contribution in [1.82, 2.24) is 10.3 Å². The first-order valence-corrected chi connectivity index (χ1v) is 8.74. The molecule has 1 saturated heterocycles. The van der Waals surface area contributed by atoms with Crippen LogP contribution in [0.25, 0.3) is 0 Å². The fraction of sp³-hybridized carbons (Fsp3) is 0.750. The minimum atomic E-state index is -1.61. The number of hydrogen-bond donors (Lipinski definition) is 5. The number of quaternary nitrogens is 1. The van der Waals surface area contributed by atoms with Crippen LogP contribution < -0.4 is 5.43 Å². The molecule has 3 amide bonds. The molecule has 29 heavy (non-hydrogen) atoms. The van der Waals surface area contributed by atoms with Crippen LogP contribution in [0.2, 0.25) is 0 Å². The molecule has 1 aliphatic rings. The molecule has 166 valence electrons. The van der Waals surface area contributed by atoms with Gasteiger partial charge in [0.05, 0.1) is 12.6 Å². The molecule has 0 aliphatic carbocycles. The number of rotatable bonds is 5. The highest BCUT2D eigenvalue weighted by Gasteiger charge is 2.46. The molecule has 13 heteroatoms. The zero-order valence-electron chi connectivity index (χ0n) is 16.8. The maximum atomic E-state index is 12.8. The molecule has 1 aliphatic heterocycles. The molecule has 0 aromatic rings. The number of aliphatic imine (C=N–C) groups is 1. The lowest BCUT2D eigenvalue weighted by molar-refractivity contribution is -1.10. The number of likely N-dealkylation sites (tertiary alicyclic amines) is 1. The summed E-state index contributed by atoms with van der Waals surface area (Å²) in [5.41, 5.74) is 1.33. The van der Waals surface area contributed by atoms with Gasteiger partial charge in [0.15, 0.2) is 0 Å². The van der Waals surface area contributed by atoms with Crippen molar-refractivity contribution in [3.05, 3.63) is 0 Å². The van der Waals surface area contributed by atoms with Crippen LogP contribution in [-0.2, 0) is 14.4 Å². The van der Waals surface area contributed by atoms with Gasteiger partial charge < -0.3 is 30.1 Å². The monoisotopic (exact) mass is 421 g/mol. The quantitative estimate of drug-likeness (QED) is 0.189. The van der Waals surface area contributed by atoms with Gasteiger partial charge in [-0.3, -0.25) is 4.79 Å². The van der Waals surface area contributed by atoms with E-state index in [1.165, 1.54) is 0 Å². The van der Waals surface area contributed by atoms with Crippen molar-refractivity contribution >= 4 is 24.8 Å². The zero-order chi connectivity index (χ0) is 22.6. The summed E-state index contributed by atoms with van der Waals surface area (Å²) >= 11 is 0. The number of piperidine rings is 1. The molecule has 5 N–H and O–H groups in total. The molecule has 5 atom stereocenters. The Hall–Kier alpha value is -2.32. The Labute approximate surface area is 167 Å². The molecular weight excluding hydrogens is 392 g/mol. The Morgan fingerprint density at radius 2 is 1.83 bits per heavy atom. The van der Waals surface area contributed by atoms with Gasteiger partial charge in [0.2, 0.25) is 6.54 Å². The van der Waals surface area contributed by atoms with Crippen LogP contribution in [0.4, 0.5) is 9.59 Å². The van der Waals surface area contributed by atoms with E-state index in [0.29, 0.717) is 0 Å². The lowest BCUT2D eigenvalue weighted by atomic mass is 9.94. The number of nitrogens with zero attached hydrogens (tertiary/aromatic N) is 3. The lowest BCUT2D eigenvalue weighted by Crippen LogP contribution is -2.67. The number of ether oxygens (including phenoxy) is 1. The van der Waals surface area contributed by atoms with Gasteiger partial charge in [-0.05, 0) is 32.2 Å². The zero-order valence-corrected chi connectivity index (χ0v) is 16.8. The predicted octanol–water partition coefficient (Wildman–Crippen LogP) is -2.09. The standard InChI is InChI=1S/C16H28N4O9/c1-16(2,3)28-15(27)18-20(5,29-14(26)17-4)7-11(23)19-6-10(22)13(25)12(24)9(19)8-21/h9-10,12-13,21-22,24-25H,4,6-8H2,1-3,5H3/p+1/t9-,10-,12-,13-,20?/m1/s1. The summed E-state index contributed by atoms with van der Waals surface area (Å²) in [6, 6.07) is -1.22. The van der Waals surface area contributed by atoms with E-state index in [4.69, 9.17) is 9.57 Å². The number of β-amino-alcohol motifs (C(OH)–C–C–N with tert-alkyl or cyclic N) is 1. The highest BCUT2D eigenvalue weighted by Crippen LogP contribution is 2.20. The molecular formula is C16H29N4O9+. The number of hydroxylamine groups is 2. The van der Waals surface area contributed by atoms with Crippen LogP contribution in [0.5, 0.6) is 0 Å². The van der Waals surface area contributed by atoms with Gasteiger partial charge in [-0.25, -0.2) is 14.4 Å². The van der Waals surface area contributed by atoms with Gasteiger partial charge in [0.25, 0.3) is 5.91 Å². The Kier molecular flexibility index (Phi) is 8.06. The van der Waals surface area contributed by atoms with Crippen molar-refractivity contribution in [2.45, 2.75) is 50.7 Å². The predicted molar refractivity (Wildman–Crippen MR) is 97.1 cm³/mol. The second kappa shape index (κ2) is 9.45. The summed E-state index contributed by atoms with van der Waals surface area (Å²) in [4.78, 5) is 45.4. The van der Waals surface area contributed by atoms with E-state index in [9.17, 15) is 34.8 Å². The SMILES string of the molecule is C=NC(=O)O[N+](C)(CC(=O)N1C[C@@H](O)[C@@H](O)[C@H](O)[C@H]1CO)NC(=O)OC(C)(C)C. The number of amides is 3. The Morgan fingerprint density at radius 1 is 1.24 bits per heavy atom. The van der Waals surface area contributed by atoms with Crippen molar-refractivity contribution in [2.75, 3.05) is 26.7 Å². The third kappa shape index (κ3) is 6.90. The maximum absolute atomic E-state index is 12.8. The number of carbonyl (C=O) groups excluding carboxylic acids is 3. The first-order valence-electron chi connectivity index (χ1n) is 8.74. The highest BCUT2D eigenvalue weighted by molar-refractivity contribution is 5.78. The summed E-state index contributed by atoms with van der Waals surface area (Å²) in [5.74, 6) is -0.815. The number of aliphatic hydroxyl groups excluding tert-OH is 4. The summed E-state index contributed by atoms with van der Waals surface area (Å²) in [6.45, 7) is 6.01. The van der Waals surface area contributed by atoms with Gasteiger partial charge in [0.1, 0.15) is 31.0 Å². The number of hydrogen-bond acceptors (Lipinski definition) is 9. The van der Waals surface area contributed by atoms with Crippen LogP contribution >= 0.6 is 0 Å². The van der Waals surface area contributed by atoms with E-state index < -0.39 is 72.5 Å². The van der Waals surface area contributed by atoms with E-state index in [1.807, 2.05) is 0 Å². The lowest BCUT2D eigenvalue weighted by Gasteiger charge is -2.43. The first kappa shape index (κ1) is 24.7. The van der Waals surface area contributed by atoms with Crippen molar-refractivity contribution in [3.8, 4) is 0 Å². The molecule has 0 bridgehead atoms. The van der Waals surface area contributed by atoms with Crippen molar-refractivity contribution < 1.29 is 49.1 Å². The maximum Gasteiger partial charge on any atom is 0.490 e. The van der Waals surface area contributed by atoms with Crippen LogP contribution in [0.15, 0.2) is 4.99 Å². The Balaban J connectivity index is 3.04. The van der Waals surface area contributed by atoms with Gasteiger partial charge in [-0.1, -0.05) is 0 Å². The van der Waals surface area contributed by atoms with Crippen LogP contribution in [-0.4, -0.2) is 112 Å². The number of aliphatic hydroxyl groups is 4. The molecule has 13 nitrogen and oxygen atoms in total. The Bertz CT molecular complexity index is 638. The molecule has 1 unspecified atom stereocenters. The molecule has 0 radical (unpaired) electrons. The molecule has 1 heterocycles. The molecule has 1 fully saturated rings. The number of likely N-dealkylation sites (N-methyl/N-ethyl adjacent to an activating group) is 1. The van der Waals surface area contributed by atoms with Crippen LogP contribution in [0.3, 0.4) is 0 Å². The minimum absolute atomic E-state index is 0.400. The van der Waals surface area contributed by atoms with E-state index in [0.717, 1.165) is 11.9 Å². The summed E-state index contributed by atoms with van der Waals surface area (Å²) in [6.07, 6.45) is -6.82. The van der Waals surface area contributed by atoms with Crippen molar-refractivity contribution in [2.24, 2.45) is 4.99 Å². The van der Waals surface area contributed by atoms with E-state index in [1.54, 1.807) is 20.8 Å². The summed E-state index contributed by atoms with van der Waals surface area (Å²) in [7, 11) is 1.16. The topological polar surface area (TPSA) is 178 Å². The fourth-order valence-electron chi connectivity index (χ4n) is 2.72. The van der Waals surface area contributed by atoms with Gasteiger partial charge in [0, 0.05) is 6.54 Å². The van der Waals surface area contributed by atoms with Gasteiger partial charge >= 0.3 is 12.2 Å². The fourth-order valence-corrected chi connectivity index (χ4v) is 2.72. The highest BCUT2D eigenvalue weighted by atomic mass is 16.8. The normalized spacial score (nSPS) is 26.8. The first-order chi connectivity index (χ1) is 13.2. The third-order valence-electron chi connectivity index (χ3n) is 4.00. The molecule has 0 saturated carbocycles. The van der Waals surface area contributed by atoms with E-state index in [-0.39, 0.29) is 0 Å². The van der Waals surface area contributed by atoms with Crippen LogP contribution in [0.1, 0.15) is 20.8 Å².